The number of amides is 2. The number of aromatic nitrogens is 3. The highest BCUT2D eigenvalue weighted by Crippen LogP contribution is 2.30. The Morgan fingerprint density at radius 1 is 0.886 bits per heavy atom. The molecule has 0 aliphatic carbocycles. The number of benzene rings is 3. The summed E-state index contributed by atoms with van der Waals surface area (Å²) in [5.74, 6) is 0.348. The maximum Gasteiger partial charge on any atom is 0.251 e. The van der Waals surface area contributed by atoms with Crippen LogP contribution in [0.15, 0.2) is 76.8 Å². The lowest BCUT2D eigenvalue weighted by Gasteiger charge is -2.18. The van der Waals surface area contributed by atoms with Crippen molar-refractivity contribution in [2.24, 2.45) is 0 Å². The van der Waals surface area contributed by atoms with Crippen molar-refractivity contribution >= 4 is 39.3 Å². The third-order valence-corrected chi connectivity index (χ3v) is 11.1. The van der Waals surface area contributed by atoms with E-state index in [2.05, 4.69) is 21.6 Å². The van der Waals surface area contributed by atoms with Crippen molar-refractivity contribution in [3.63, 3.8) is 0 Å². The van der Waals surface area contributed by atoms with Gasteiger partial charge in [-0.3, -0.25) is 14.2 Å². The number of aryl methyl sites for hydroxylation is 1. The summed E-state index contributed by atoms with van der Waals surface area (Å²) in [5.41, 5.74) is 5.48. The van der Waals surface area contributed by atoms with Gasteiger partial charge in [0, 0.05) is 30.9 Å². The van der Waals surface area contributed by atoms with Crippen LogP contribution in [0.1, 0.15) is 45.7 Å². The summed E-state index contributed by atoms with van der Waals surface area (Å²) in [6.45, 7) is 5.83. The third-order valence-electron chi connectivity index (χ3n) is 8.26. The molecule has 1 aromatic heterocycles. The van der Waals surface area contributed by atoms with Crippen LogP contribution < -0.4 is 10.2 Å². The molecule has 3 aromatic carbocycles. The van der Waals surface area contributed by atoms with Gasteiger partial charge in [0.2, 0.25) is 15.9 Å². The molecule has 3 heterocycles. The maximum atomic E-state index is 13.2. The average molecular weight is 631 g/mol. The Labute approximate surface area is 261 Å². The van der Waals surface area contributed by atoms with Crippen LogP contribution in [0.25, 0.3) is 5.69 Å². The number of thioether (sulfide) groups is 1. The Morgan fingerprint density at radius 3 is 2.39 bits per heavy atom. The lowest BCUT2D eigenvalue weighted by Crippen LogP contribution is -2.30. The first kappa shape index (κ1) is 30.0. The molecule has 12 heteroatoms. The molecule has 1 fully saturated rings. The molecule has 10 nitrogen and oxygen atoms in total. The summed E-state index contributed by atoms with van der Waals surface area (Å²) >= 11 is 1.32. The lowest BCUT2D eigenvalue weighted by molar-refractivity contribution is -0.116. The number of carbonyl (C=O) groups is 2. The number of nitrogens with one attached hydrogen (secondary N) is 1. The fourth-order valence-corrected chi connectivity index (χ4v) is 8.00. The van der Waals surface area contributed by atoms with E-state index < -0.39 is 10.0 Å². The highest BCUT2D eigenvalue weighted by molar-refractivity contribution is 7.99. The summed E-state index contributed by atoms with van der Waals surface area (Å²) < 4.78 is 29.1. The normalized spacial score (nSPS) is 15.0. The predicted octanol–water partition coefficient (Wildman–Crippen LogP) is 4.28. The number of hydrogen-bond acceptors (Lipinski definition) is 7. The van der Waals surface area contributed by atoms with Gasteiger partial charge in [-0.15, -0.1) is 10.2 Å². The minimum Gasteiger partial charge on any atom is -0.345 e. The molecule has 1 saturated heterocycles. The molecule has 0 atom stereocenters. The Morgan fingerprint density at radius 2 is 1.61 bits per heavy atom. The molecule has 0 saturated carbocycles. The third kappa shape index (κ3) is 5.89. The van der Waals surface area contributed by atoms with Crippen LogP contribution in [0.2, 0.25) is 0 Å². The summed E-state index contributed by atoms with van der Waals surface area (Å²) in [6.07, 6.45) is 2.55. The van der Waals surface area contributed by atoms with E-state index in [1.165, 1.54) is 45.9 Å². The molecule has 0 bridgehead atoms. The fourth-order valence-electron chi connectivity index (χ4n) is 5.65. The number of hydrogen-bond donors (Lipinski definition) is 1. The number of fused-ring (bicyclic) bond motifs is 1. The molecule has 2 aliphatic rings. The van der Waals surface area contributed by atoms with Crippen LogP contribution in [0.4, 0.5) is 5.69 Å². The first-order valence-corrected chi connectivity index (χ1v) is 17.1. The van der Waals surface area contributed by atoms with Gasteiger partial charge in [-0.05, 0) is 86.2 Å². The van der Waals surface area contributed by atoms with Crippen LogP contribution in [0, 0.1) is 13.8 Å². The maximum absolute atomic E-state index is 13.2. The largest absolute Gasteiger partial charge is 0.345 e. The van der Waals surface area contributed by atoms with E-state index in [0.717, 1.165) is 41.8 Å². The molecular formula is C32H34N6O4S2. The van der Waals surface area contributed by atoms with E-state index in [1.54, 1.807) is 0 Å². The van der Waals surface area contributed by atoms with Crippen molar-refractivity contribution in [1.29, 1.82) is 0 Å². The Kier molecular flexibility index (Phi) is 8.57. The smallest absolute Gasteiger partial charge is 0.251 e. The topological polar surface area (TPSA) is 117 Å². The van der Waals surface area contributed by atoms with Crippen molar-refractivity contribution in [2.75, 3.05) is 30.3 Å². The van der Waals surface area contributed by atoms with Gasteiger partial charge in [0.15, 0.2) is 11.0 Å². The van der Waals surface area contributed by atoms with Crippen molar-refractivity contribution in [3.8, 4) is 5.69 Å². The summed E-state index contributed by atoms with van der Waals surface area (Å²) in [5, 5.41) is 12.3. The van der Waals surface area contributed by atoms with Crippen LogP contribution in [0.3, 0.4) is 0 Å². The van der Waals surface area contributed by atoms with Gasteiger partial charge in [-0.25, -0.2) is 8.42 Å². The van der Waals surface area contributed by atoms with Crippen molar-refractivity contribution < 1.29 is 18.0 Å². The molecule has 2 aliphatic heterocycles. The lowest BCUT2D eigenvalue weighted by atomic mass is 10.1. The SMILES string of the molecule is Cc1cccc(-n2c(CNC(=O)c3ccc(S(=O)(=O)N4CCCC4)cc3)nnc2SCC(=O)N2CCc3ccccc32)c1C. The zero-order valence-corrected chi connectivity index (χ0v) is 26.3. The van der Waals surface area contributed by atoms with Gasteiger partial charge >= 0.3 is 0 Å². The van der Waals surface area contributed by atoms with Gasteiger partial charge in [0.1, 0.15) is 0 Å². The van der Waals surface area contributed by atoms with Crippen LogP contribution in [0.5, 0.6) is 0 Å². The van der Waals surface area contributed by atoms with E-state index in [4.69, 9.17) is 0 Å². The average Bonchev–Trinajstić information content (AvgIpc) is 3.81. The number of para-hydroxylation sites is 1. The molecule has 0 spiro atoms. The molecule has 0 radical (unpaired) electrons. The van der Waals surface area contributed by atoms with Crippen molar-refractivity contribution in [1.82, 2.24) is 24.4 Å². The van der Waals surface area contributed by atoms with E-state index >= 15 is 0 Å². The highest BCUT2D eigenvalue weighted by atomic mass is 32.2. The van der Waals surface area contributed by atoms with E-state index in [1.807, 2.05) is 59.7 Å². The first-order chi connectivity index (χ1) is 21.2. The summed E-state index contributed by atoms with van der Waals surface area (Å²) in [7, 11) is -3.56. The second kappa shape index (κ2) is 12.5. The first-order valence-electron chi connectivity index (χ1n) is 14.6. The van der Waals surface area contributed by atoms with Gasteiger partial charge in [0.25, 0.3) is 5.91 Å². The molecule has 6 rings (SSSR count). The zero-order valence-electron chi connectivity index (χ0n) is 24.7. The van der Waals surface area contributed by atoms with Crippen LogP contribution in [-0.2, 0) is 27.8 Å². The van der Waals surface area contributed by atoms with E-state index in [9.17, 15) is 18.0 Å². The summed E-state index contributed by atoms with van der Waals surface area (Å²) in [4.78, 5) is 28.3. The van der Waals surface area contributed by atoms with Gasteiger partial charge < -0.3 is 10.2 Å². The second-order valence-corrected chi connectivity index (χ2v) is 13.9. The second-order valence-electron chi connectivity index (χ2n) is 11.0. The molecule has 228 valence electrons. The molecular weight excluding hydrogens is 597 g/mol. The van der Waals surface area contributed by atoms with Gasteiger partial charge in [-0.2, -0.15) is 4.31 Å². The molecule has 2 amide bonds. The van der Waals surface area contributed by atoms with Gasteiger partial charge in [0.05, 0.1) is 22.9 Å². The number of rotatable bonds is 9. The Bertz CT molecular complexity index is 1810. The van der Waals surface area contributed by atoms with Crippen LogP contribution >= 0.6 is 11.8 Å². The molecule has 1 N–H and O–H groups in total. The molecule has 0 unspecified atom stereocenters. The number of carbonyl (C=O) groups excluding carboxylic acids is 2. The van der Waals surface area contributed by atoms with Crippen molar-refractivity contribution in [3.05, 3.63) is 94.8 Å². The quantitative estimate of drug-likeness (QED) is 0.275. The number of sulfonamides is 1. The number of anilines is 1. The monoisotopic (exact) mass is 630 g/mol. The van der Waals surface area contributed by atoms with Gasteiger partial charge in [-0.1, -0.05) is 42.1 Å². The minimum absolute atomic E-state index is 0.000472. The van der Waals surface area contributed by atoms with E-state index in [-0.39, 0.29) is 29.0 Å². The van der Waals surface area contributed by atoms with Crippen LogP contribution in [-0.4, -0.2) is 64.7 Å². The summed E-state index contributed by atoms with van der Waals surface area (Å²) in [6, 6.07) is 19.9. The zero-order chi connectivity index (χ0) is 30.8. The Balaban J connectivity index is 1.19. The fraction of sp³-hybridized carbons (Fsp3) is 0.312. The Hall–Kier alpha value is -4.00. The van der Waals surface area contributed by atoms with E-state index in [0.29, 0.717) is 36.2 Å². The molecule has 4 aromatic rings. The molecule has 44 heavy (non-hydrogen) atoms. The minimum atomic E-state index is -3.56. The predicted molar refractivity (Wildman–Crippen MR) is 170 cm³/mol. The van der Waals surface area contributed by atoms with Crippen molar-refractivity contribution in [2.45, 2.75) is 49.7 Å². The number of nitrogens with zero attached hydrogens (tertiary/aromatic N) is 5. The highest BCUT2D eigenvalue weighted by Gasteiger charge is 2.28. The standard InChI is InChI=1S/C32H34N6O4S2/c1-22-8-7-11-27(23(22)2)38-29(34-35-32(38)43-21-30(39)37-19-16-24-9-3-4-10-28(24)37)20-33-31(40)25-12-14-26(15-13-25)44(41,42)36-17-5-6-18-36/h3-4,7-15H,5-6,16-21H2,1-2H3,(H,33,40).